The molecule has 0 bridgehead atoms. The van der Waals surface area contributed by atoms with Crippen molar-refractivity contribution in [1.29, 1.82) is 0 Å². The molecule has 7 nitrogen and oxygen atoms in total. The minimum atomic E-state index is -0.188. The van der Waals surface area contributed by atoms with E-state index in [1.807, 2.05) is 0 Å². The average molecular weight is 435 g/mol. The van der Waals surface area contributed by atoms with Gasteiger partial charge in [0.05, 0.1) is 6.17 Å². The summed E-state index contributed by atoms with van der Waals surface area (Å²) >= 11 is 0. The van der Waals surface area contributed by atoms with Crippen molar-refractivity contribution in [3.63, 3.8) is 0 Å². The Balaban J connectivity index is 1.13. The van der Waals surface area contributed by atoms with Crippen molar-refractivity contribution in [2.45, 2.75) is 121 Å². The van der Waals surface area contributed by atoms with Crippen LogP contribution < -0.4 is 31.9 Å². The van der Waals surface area contributed by atoms with Crippen molar-refractivity contribution in [3.8, 4) is 0 Å². The summed E-state index contributed by atoms with van der Waals surface area (Å²) in [4.78, 5) is 12.7. The van der Waals surface area contributed by atoms with Crippen LogP contribution >= 0.6 is 0 Å². The molecule has 2 aliphatic heterocycles. The topological polar surface area (TPSA) is 89.2 Å². The van der Waals surface area contributed by atoms with Gasteiger partial charge in [-0.2, -0.15) is 0 Å². The zero-order valence-electron chi connectivity index (χ0n) is 19.6. The molecule has 4 aliphatic rings. The minimum absolute atomic E-state index is 0.0412. The normalized spacial score (nSPS) is 38.8. The number of hydrogen-bond acceptors (Lipinski definition) is 5. The number of rotatable bonds is 7. The van der Waals surface area contributed by atoms with Gasteiger partial charge in [0.25, 0.3) is 0 Å². The van der Waals surface area contributed by atoms with Crippen LogP contribution in [0.15, 0.2) is 0 Å². The number of nitrogens with one attached hydrogen (secondary N) is 6. The Hall–Kier alpha value is -0.890. The molecule has 4 fully saturated rings. The van der Waals surface area contributed by atoms with Gasteiger partial charge in [0.1, 0.15) is 6.29 Å². The average Bonchev–Trinajstić information content (AvgIpc) is 2.77. The molecule has 2 saturated carbocycles. The lowest BCUT2D eigenvalue weighted by molar-refractivity contribution is 0.141. The fourth-order valence-corrected chi connectivity index (χ4v) is 6.41. The number of piperidine rings is 1. The Labute approximate surface area is 189 Å². The summed E-state index contributed by atoms with van der Waals surface area (Å²) in [6, 6.07) is 1.36. The van der Waals surface area contributed by atoms with Crippen LogP contribution in [0.5, 0.6) is 0 Å². The molecule has 0 aromatic rings. The first-order chi connectivity index (χ1) is 15.2. The molecule has 2 saturated heterocycles. The number of fused-ring (bicyclic) bond motifs is 1. The second-order valence-corrected chi connectivity index (χ2v) is 10.6. The van der Waals surface area contributed by atoms with Gasteiger partial charge >= 0.3 is 6.03 Å². The Morgan fingerprint density at radius 2 is 1.74 bits per heavy atom. The van der Waals surface area contributed by atoms with Gasteiger partial charge in [-0.1, -0.05) is 32.1 Å². The number of urea groups is 1. The van der Waals surface area contributed by atoms with Crippen molar-refractivity contribution >= 4 is 6.03 Å². The van der Waals surface area contributed by atoms with Crippen LogP contribution in [0.3, 0.4) is 0 Å². The fraction of sp³-hybridized carbons (Fsp3) is 0.958. The minimum Gasteiger partial charge on any atom is -0.335 e. The lowest BCUT2D eigenvalue weighted by atomic mass is 9.69. The monoisotopic (exact) mass is 434 g/mol. The number of hydrogen-bond donors (Lipinski definition) is 6. The van der Waals surface area contributed by atoms with Crippen LogP contribution in [0.2, 0.25) is 0 Å². The van der Waals surface area contributed by atoms with Crippen molar-refractivity contribution in [3.05, 3.63) is 0 Å². The maximum Gasteiger partial charge on any atom is 0.317 e. The number of amides is 2. The van der Waals surface area contributed by atoms with Gasteiger partial charge in [0.15, 0.2) is 0 Å². The Morgan fingerprint density at radius 3 is 2.58 bits per heavy atom. The molecule has 0 aromatic heterocycles. The number of carbonyl (C=O) groups is 1. The molecule has 31 heavy (non-hydrogen) atoms. The van der Waals surface area contributed by atoms with Gasteiger partial charge < -0.3 is 21.3 Å². The van der Waals surface area contributed by atoms with Crippen molar-refractivity contribution < 1.29 is 4.79 Å². The fourth-order valence-electron chi connectivity index (χ4n) is 6.41. The maximum absolute atomic E-state index is 12.7. The van der Waals surface area contributed by atoms with Crippen LogP contribution in [0.25, 0.3) is 0 Å². The van der Waals surface area contributed by atoms with E-state index in [2.05, 4.69) is 38.8 Å². The van der Waals surface area contributed by atoms with E-state index in [0.717, 1.165) is 31.2 Å². The van der Waals surface area contributed by atoms with Crippen LogP contribution in [0.4, 0.5) is 4.79 Å². The second-order valence-electron chi connectivity index (χ2n) is 10.6. The molecule has 6 N–H and O–H groups in total. The van der Waals surface area contributed by atoms with E-state index >= 15 is 0 Å². The predicted octanol–water partition coefficient (Wildman–Crippen LogP) is 2.74. The summed E-state index contributed by atoms with van der Waals surface area (Å²) in [7, 11) is 0. The molecular weight excluding hydrogens is 388 g/mol. The van der Waals surface area contributed by atoms with Gasteiger partial charge in [-0.05, 0) is 83.2 Å². The first-order valence-corrected chi connectivity index (χ1v) is 13.2. The Bertz CT molecular complexity index is 554. The van der Waals surface area contributed by atoms with Gasteiger partial charge in [0.2, 0.25) is 0 Å². The molecule has 7 heteroatoms. The molecule has 0 spiro atoms. The predicted molar refractivity (Wildman–Crippen MR) is 126 cm³/mol. The quantitative estimate of drug-likeness (QED) is 0.347. The molecule has 7 unspecified atom stereocenters. The van der Waals surface area contributed by atoms with E-state index in [1.54, 1.807) is 0 Å². The lowest BCUT2D eigenvalue weighted by Crippen LogP contribution is -2.68. The van der Waals surface area contributed by atoms with Crippen molar-refractivity contribution in [1.82, 2.24) is 31.9 Å². The summed E-state index contributed by atoms with van der Waals surface area (Å²) in [5, 5.41) is 20.7. The van der Waals surface area contributed by atoms with Crippen molar-refractivity contribution in [2.75, 3.05) is 13.1 Å². The molecule has 0 radical (unpaired) electrons. The van der Waals surface area contributed by atoms with Crippen LogP contribution in [0.1, 0.15) is 90.4 Å². The van der Waals surface area contributed by atoms with E-state index in [0.29, 0.717) is 18.1 Å². The zero-order chi connectivity index (χ0) is 21.5. The van der Waals surface area contributed by atoms with E-state index in [-0.39, 0.29) is 18.5 Å². The third kappa shape index (κ3) is 7.31. The number of carbonyl (C=O) groups excluding carboxylic acids is 1. The summed E-state index contributed by atoms with van der Waals surface area (Å²) in [5.41, 5.74) is 0. The van der Waals surface area contributed by atoms with E-state index < -0.39 is 0 Å². The third-order valence-corrected chi connectivity index (χ3v) is 8.09. The standard InChI is InChI=1S/C24H46N6O/c1-17-15-22(26-14-6-10-20-9-4-5-13-25-20)29-23(27-17)30-24(31)28-21-12-11-18-7-2-3-8-19(18)16-21/h17-23,25-27,29H,2-16H2,1H3,(H2,28,30,31). The smallest absolute Gasteiger partial charge is 0.317 e. The molecule has 2 aliphatic carbocycles. The first kappa shape index (κ1) is 23.3. The highest BCUT2D eigenvalue weighted by atomic mass is 16.2. The van der Waals surface area contributed by atoms with Gasteiger partial charge in [0, 0.05) is 18.1 Å². The van der Waals surface area contributed by atoms with Crippen molar-refractivity contribution in [2.24, 2.45) is 11.8 Å². The Morgan fingerprint density at radius 1 is 0.903 bits per heavy atom. The van der Waals surface area contributed by atoms with Gasteiger partial charge in [-0.3, -0.25) is 10.6 Å². The van der Waals surface area contributed by atoms with Crippen LogP contribution in [0, 0.1) is 11.8 Å². The molecular formula is C24H46N6O. The largest absolute Gasteiger partial charge is 0.335 e. The Kier molecular flexibility index (Phi) is 8.88. The van der Waals surface area contributed by atoms with Gasteiger partial charge in [-0.25, -0.2) is 4.79 Å². The third-order valence-electron chi connectivity index (χ3n) is 8.09. The highest BCUT2D eigenvalue weighted by Gasteiger charge is 2.33. The summed E-state index contributed by atoms with van der Waals surface area (Å²) in [6.45, 7) is 4.40. The van der Waals surface area contributed by atoms with E-state index in [1.165, 1.54) is 77.2 Å². The molecule has 7 atom stereocenters. The maximum atomic E-state index is 12.7. The highest BCUT2D eigenvalue weighted by Crippen LogP contribution is 2.40. The van der Waals surface area contributed by atoms with E-state index in [4.69, 9.17) is 0 Å². The molecule has 2 heterocycles. The van der Waals surface area contributed by atoms with E-state index in [9.17, 15) is 4.79 Å². The summed E-state index contributed by atoms with van der Waals surface area (Å²) < 4.78 is 0. The SMILES string of the molecule is CC1CC(NCCCC2CCCCN2)NC(NC(=O)NC2CCC3CCCCC3C2)N1. The molecule has 0 aromatic carbocycles. The summed E-state index contributed by atoms with van der Waals surface area (Å²) in [6.07, 6.45) is 16.7. The van der Waals surface area contributed by atoms with Crippen LogP contribution in [-0.4, -0.2) is 49.7 Å². The molecule has 178 valence electrons. The van der Waals surface area contributed by atoms with Crippen LogP contribution in [-0.2, 0) is 0 Å². The summed E-state index contributed by atoms with van der Waals surface area (Å²) in [5.74, 6) is 1.74. The first-order valence-electron chi connectivity index (χ1n) is 13.2. The molecule has 2 amide bonds. The highest BCUT2D eigenvalue weighted by molar-refractivity contribution is 5.74. The van der Waals surface area contributed by atoms with Gasteiger partial charge in [-0.15, -0.1) is 0 Å². The molecule has 4 rings (SSSR count). The lowest BCUT2D eigenvalue weighted by Gasteiger charge is -2.40. The zero-order valence-corrected chi connectivity index (χ0v) is 19.6. The second kappa shape index (κ2) is 11.8.